The summed E-state index contributed by atoms with van der Waals surface area (Å²) in [6, 6.07) is 60.8. The number of hydrogen-bond acceptors (Lipinski definition) is 6. The first-order valence-corrected chi connectivity index (χ1v) is 25.1. The molecule has 0 aromatic heterocycles. The summed E-state index contributed by atoms with van der Waals surface area (Å²) >= 11 is 3.71. The average molecular weight is 911 g/mol. The van der Waals surface area contributed by atoms with Gasteiger partial charge in [0, 0.05) is 48.6 Å². The average Bonchev–Trinajstić information content (AvgIpc) is 3.73. The highest BCUT2D eigenvalue weighted by Gasteiger charge is 2.48. The molecule has 2 aliphatic carbocycles. The van der Waals surface area contributed by atoms with E-state index in [0.717, 1.165) is 66.7 Å². The van der Waals surface area contributed by atoms with Crippen molar-refractivity contribution in [3.05, 3.63) is 192 Å². The van der Waals surface area contributed by atoms with Gasteiger partial charge in [-0.2, -0.15) is 0 Å². The second-order valence-electron chi connectivity index (χ2n) is 19.9. The minimum atomic E-state index is -0.130. The van der Waals surface area contributed by atoms with E-state index in [4.69, 9.17) is 18.9 Å². The van der Waals surface area contributed by atoms with Gasteiger partial charge in [-0.25, -0.2) is 0 Å². The maximum atomic E-state index is 7.15. The summed E-state index contributed by atoms with van der Waals surface area (Å²) in [7, 11) is 0. The SMILES string of the molecule is CC1(C)c2ccccc2-c2c1ccc1c2Sc2cc(Oc3ccccc3)cc3c2B1c1cc2c(cc1O3)Oc1cc(Oc3ccccc3)cc3c1B2c1ccc2c(c1S3)-c1ccccc1C2(C)C. The lowest BCUT2D eigenvalue weighted by atomic mass is 9.32. The van der Waals surface area contributed by atoms with E-state index in [1.54, 1.807) is 0 Å². The Bertz CT molecular complexity index is 3480. The van der Waals surface area contributed by atoms with E-state index in [0.29, 0.717) is 0 Å². The van der Waals surface area contributed by atoms with Crippen LogP contribution in [0.3, 0.4) is 0 Å². The second-order valence-corrected chi connectivity index (χ2v) is 22.0. The predicted molar refractivity (Wildman–Crippen MR) is 278 cm³/mol. The third-order valence-corrected chi connectivity index (χ3v) is 17.8. The molecule has 4 aliphatic heterocycles. The first-order chi connectivity index (χ1) is 33.2. The molecule has 0 N–H and O–H groups in total. The van der Waals surface area contributed by atoms with Crippen LogP contribution in [-0.2, 0) is 10.8 Å². The highest BCUT2D eigenvalue weighted by atomic mass is 32.2. The Balaban J connectivity index is 0.963. The lowest BCUT2D eigenvalue weighted by Gasteiger charge is -2.37. The van der Waals surface area contributed by atoms with Crippen LogP contribution >= 0.6 is 23.5 Å². The molecule has 15 rings (SSSR count). The number of hydrogen-bond donors (Lipinski definition) is 0. The molecule has 0 unspecified atom stereocenters. The van der Waals surface area contributed by atoms with Gasteiger partial charge < -0.3 is 18.9 Å². The quantitative estimate of drug-likeness (QED) is 0.164. The van der Waals surface area contributed by atoms with Gasteiger partial charge >= 0.3 is 0 Å². The van der Waals surface area contributed by atoms with Gasteiger partial charge in [0.25, 0.3) is 13.4 Å². The smallest absolute Gasteiger partial charge is 0.253 e. The lowest BCUT2D eigenvalue weighted by Crippen LogP contribution is -2.62. The van der Waals surface area contributed by atoms with Gasteiger partial charge in [-0.1, -0.05) is 177 Å². The Kier molecular flexibility index (Phi) is 7.93. The van der Waals surface area contributed by atoms with Crippen molar-refractivity contribution in [3.63, 3.8) is 0 Å². The van der Waals surface area contributed by atoms with Gasteiger partial charge in [0.1, 0.15) is 46.0 Å². The normalized spacial score (nSPS) is 15.6. The lowest BCUT2D eigenvalue weighted by molar-refractivity contribution is 0.449. The molecule has 68 heavy (non-hydrogen) atoms. The highest BCUT2D eigenvalue weighted by molar-refractivity contribution is 8.00. The fourth-order valence-corrected chi connectivity index (χ4v) is 15.0. The standard InChI is InChI=1S/C60H40B2O4S2/c1-59(2)39-21-13-11-19-37(39)53-41(59)23-25-43-57(53)67-51-29-35(63-33-15-7-5-8-16-33)27-49-55(51)61(43)45-31-46-48(32-47(45)65-49)66-50-28-36(64-34-17-9-6-10-18-34)30-52-56(50)62(46)44-26-24-42-54(58(44)68-52)38-20-12-14-22-40(38)60(42,3)4/h5-32H,1-4H3. The van der Waals surface area contributed by atoms with Gasteiger partial charge in [-0.3, -0.25) is 0 Å². The van der Waals surface area contributed by atoms with Crippen molar-refractivity contribution < 1.29 is 18.9 Å². The topological polar surface area (TPSA) is 36.9 Å². The second kappa shape index (κ2) is 13.8. The van der Waals surface area contributed by atoms with E-state index in [2.05, 4.69) is 137 Å². The molecule has 0 fully saturated rings. The summed E-state index contributed by atoms with van der Waals surface area (Å²) in [4.78, 5) is 4.90. The minimum absolute atomic E-state index is 0.0927. The van der Waals surface area contributed by atoms with Crippen molar-refractivity contribution in [3.8, 4) is 68.2 Å². The molecule has 4 heterocycles. The Hall–Kier alpha value is -6.99. The molecule has 0 spiro atoms. The van der Waals surface area contributed by atoms with Crippen LogP contribution in [0.15, 0.2) is 189 Å². The highest BCUT2D eigenvalue weighted by Crippen LogP contribution is 2.56. The van der Waals surface area contributed by atoms with Crippen molar-refractivity contribution in [1.29, 1.82) is 0 Å². The first-order valence-electron chi connectivity index (χ1n) is 23.4. The molecule has 0 atom stereocenters. The van der Waals surface area contributed by atoms with Crippen LogP contribution in [0, 0.1) is 0 Å². The summed E-state index contributed by atoms with van der Waals surface area (Å²) in [6.45, 7) is 9.27. The summed E-state index contributed by atoms with van der Waals surface area (Å²) in [5, 5.41) is 0. The molecule has 0 amide bonds. The van der Waals surface area contributed by atoms with Crippen LogP contribution in [0.2, 0.25) is 0 Å². The van der Waals surface area contributed by atoms with Crippen LogP contribution in [0.1, 0.15) is 49.9 Å². The maximum absolute atomic E-state index is 7.15. The summed E-state index contributed by atoms with van der Waals surface area (Å²) in [6.07, 6.45) is 0. The van der Waals surface area contributed by atoms with Crippen molar-refractivity contribution >= 4 is 69.7 Å². The monoisotopic (exact) mass is 910 g/mol. The first kappa shape index (κ1) is 39.0. The van der Waals surface area contributed by atoms with Crippen LogP contribution in [0.4, 0.5) is 0 Å². The molecule has 9 aromatic carbocycles. The van der Waals surface area contributed by atoms with Gasteiger partial charge in [0.2, 0.25) is 0 Å². The molecular formula is C60H40B2O4S2. The van der Waals surface area contributed by atoms with Crippen molar-refractivity contribution in [2.45, 2.75) is 58.1 Å². The summed E-state index contributed by atoms with van der Waals surface area (Å²) < 4.78 is 27.5. The van der Waals surface area contributed by atoms with Crippen LogP contribution in [0.25, 0.3) is 22.3 Å². The van der Waals surface area contributed by atoms with Crippen LogP contribution < -0.4 is 51.7 Å². The van der Waals surface area contributed by atoms with E-state index < -0.39 is 0 Å². The number of benzene rings is 9. The largest absolute Gasteiger partial charge is 0.458 e. The fraction of sp³-hybridized carbons (Fsp3) is 0.100. The van der Waals surface area contributed by atoms with Gasteiger partial charge in [0.05, 0.1) is 0 Å². The molecule has 0 radical (unpaired) electrons. The molecular weight excluding hydrogens is 870 g/mol. The summed E-state index contributed by atoms with van der Waals surface area (Å²) in [5.41, 5.74) is 17.8. The third-order valence-electron chi connectivity index (χ3n) is 15.4. The number of para-hydroxylation sites is 2. The van der Waals surface area contributed by atoms with Gasteiger partial charge in [-0.05, 0) is 103 Å². The van der Waals surface area contributed by atoms with E-state index in [1.165, 1.54) is 76.1 Å². The van der Waals surface area contributed by atoms with Gasteiger partial charge in [-0.15, -0.1) is 0 Å². The Morgan fingerprint density at radius 3 is 1.26 bits per heavy atom. The van der Waals surface area contributed by atoms with E-state index >= 15 is 0 Å². The fourth-order valence-electron chi connectivity index (χ4n) is 12.3. The van der Waals surface area contributed by atoms with E-state index in [-0.39, 0.29) is 24.3 Å². The Labute approximate surface area is 404 Å². The molecule has 6 aliphatic rings. The van der Waals surface area contributed by atoms with Gasteiger partial charge in [0.15, 0.2) is 0 Å². The third kappa shape index (κ3) is 5.33. The minimum Gasteiger partial charge on any atom is -0.458 e. The molecule has 4 nitrogen and oxygen atoms in total. The zero-order chi connectivity index (χ0) is 45.2. The molecule has 9 aromatic rings. The molecule has 322 valence electrons. The van der Waals surface area contributed by atoms with E-state index in [9.17, 15) is 0 Å². The molecule has 0 bridgehead atoms. The zero-order valence-electron chi connectivity index (χ0n) is 37.8. The molecule has 0 saturated carbocycles. The number of ether oxygens (including phenoxy) is 4. The Morgan fingerprint density at radius 2 is 0.809 bits per heavy atom. The maximum Gasteiger partial charge on any atom is 0.253 e. The van der Waals surface area contributed by atoms with E-state index in [1.807, 2.05) is 84.2 Å². The number of fused-ring (bicyclic) bond motifs is 16. The summed E-state index contributed by atoms with van der Waals surface area (Å²) in [5.74, 6) is 6.24. The Morgan fingerprint density at radius 1 is 0.382 bits per heavy atom. The van der Waals surface area contributed by atoms with Crippen LogP contribution in [-0.4, -0.2) is 13.4 Å². The number of rotatable bonds is 4. The van der Waals surface area contributed by atoms with Crippen LogP contribution in [0.5, 0.6) is 46.0 Å². The van der Waals surface area contributed by atoms with Crippen molar-refractivity contribution in [2.24, 2.45) is 0 Å². The molecule has 8 heteroatoms. The van der Waals surface area contributed by atoms with Crippen molar-refractivity contribution in [2.75, 3.05) is 0 Å². The molecule has 0 saturated heterocycles. The van der Waals surface area contributed by atoms with Crippen molar-refractivity contribution in [1.82, 2.24) is 0 Å². The predicted octanol–water partition coefficient (Wildman–Crippen LogP) is 12.1. The zero-order valence-corrected chi connectivity index (χ0v) is 39.4.